The van der Waals surface area contributed by atoms with Crippen molar-refractivity contribution in [1.29, 1.82) is 0 Å². The smallest absolute Gasteiger partial charge is 0.354 e. The third-order valence-electron chi connectivity index (χ3n) is 8.80. The molecule has 1 fully saturated rings. The number of phenols is 2. The summed E-state index contributed by atoms with van der Waals surface area (Å²) in [6.07, 6.45) is 2.84. The van der Waals surface area contributed by atoms with Crippen molar-refractivity contribution in [3.63, 3.8) is 0 Å². The predicted molar refractivity (Wildman–Crippen MR) is 168 cm³/mol. The Morgan fingerprint density at radius 3 is 2.40 bits per heavy atom. The number of rotatable bonds is 4. The number of hydrogen-bond acceptors (Lipinski definition) is 8. The third-order valence-corrected chi connectivity index (χ3v) is 8.80. The van der Waals surface area contributed by atoms with Crippen LogP contribution >= 0.6 is 0 Å². The van der Waals surface area contributed by atoms with Gasteiger partial charge in [-0.15, -0.1) is 0 Å². The lowest BCUT2D eigenvalue weighted by molar-refractivity contribution is -0.128. The summed E-state index contributed by atoms with van der Waals surface area (Å²) in [6, 6.07) is 4.73. The van der Waals surface area contributed by atoms with E-state index in [2.05, 4.69) is 16.5 Å². The lowest BCUT2D eigenvalue weighted by Crippen LogP contribution is -2.61. The van der Waals surface area contributed by atoms with Gasteiger partial charge in [0.25, 0.3) is 0 Å². The second-order valence-corrected chi connectivity index (χ2v) is 12.0. The zero-order valence-corrected chi connectivity index (χ0v) is 25.7. The van der Waals surface area contributed by atoms with E-state index >= 15 is 8.78 Å². The van der Waals surface area contributed by atoms with Crippen molar-refractivity contribution in [2.24, 2.45) is 0 Å². The molecule has 2 aromatic heterocycles. The number of likely N-dealkylation sites (N-methyl/N-ethyl adjacent to an activating group) is 1. The molecule has 45 heavy (non-hydrogen) atoms. The van der Waals surface area contributed by atoms with Crippen molar-refractivity contribution in [3.8, 4) is 28.3 Å². The maximum Gasteiger partial charge on any atom is 0.354 e. The van der Waals surface area contributed by atoms with Gasteiger partial charge in [-0.2, -0.15) is 4.98 Å². The fourth-order valence-corrected chi connectivity index (χ4v) is 6.73. The van der Waals surface area contributed by atoms with Crippen LogP contribution in [0.25, 0.3) is 27.7 Å². The van der Waals surface area contributed by atoms with Crippen LogP contribution in [0.4, 0.5) is 20.3 Å². The number of nitrogens with zero attached hydrogens (tertiary/aromatic N) is 6. The van der Waals surface area contributed by atoms with Crippen LogP contribution in [0.2, 0.25) is 0 Å². The third kappa shape index (κ3) is 4.49. The normalized spacial score (nSPS) is 17.9. The maximum atomic E-state index is 17.3. The van der Waals surface area contributed by atoms with Crippen LogP contribution in [-0.4, -0.2) is 74.3 Å². The number of pyridine rings is 1. The highest BCUT2D eigenvalue weighted by molar-refractivity contribution is 6.06. The molecule has 0 spiro atoms. The van der Waals surface area contributed by atoms with E-state index in [1.807, 2.05) is 25.7 Å². The van der Waals surface area contributed by atoms with Gasteiger partial charge in [0.1, 0.15) is 22.8 Å². The number of aromatic hydroxyl groups is 2. The molecule has 234 valence electrons. The van der Waals surface area contributed by atoms with E-state index in [0.29, 0.717) is 16.9 Å². The van der Waals surface area contributed by atoms with Crippen LogP contribution in [0, 0.1) is 18.6 Å². The first-order chi connectivity index (χ1) is 21.4. The first-order valence-corrected chi connectivity index (χ1v) is 14.7. The van der Waals surface area contributed by atoms with E-state index in [-0.39, 0.29) is 59.9 Å². The molecule has 6 rings (SSSR count). The van der Waals surface area contributed by atoms with Gasteiger partial charge in [-0.3, -0.25) is 14.3 Å². The van der Waals surface area contributed by atoms with Gasteiger partial charge in [-0.05, 0) is 49.6 Å². The van der Waals surface area contributed by atoms with Gasteiger partial charge in [0.2, 0.25) is 5.91 Å². The Kier molecular flexibility index (Phi) is 7.25. The van der Waals surface area contributed by atoms with Crippen molar-refractivity contribution in [2.75, 3.05) is 36.5 Å². The summed E-state index contributed by atoms with van der Waals surface area (Å²) in [5.41, 5.74) is -0.806. The SMILES string of the molecule is C=CC(=O)N1CC2CN(C)c3c(F)c(-c4c(O)cccc4O)c(F)c4c3c(nc(=O)n4-c3c(C)ccnc3C(C)C)N2CC1C. The molecule has 2 N–H and O–H groups in total. The average molecular weight is 617 g/mol. The lowest BCUT2D eigenvalue weighted by Gasteiger charge is -2.45. The van der Waals surface area contributed by atoms with E-state index in [1.165, 1.54) is 24.3 Å². The molecule has 4 aromatic rings. The summed E-state index contributed by atoms with van der Waals surface area (Å²) in [5, 5.41) is 21.6. The predicted octanol–water partition coefficient (Wildman–Crippen LogP) is 4.61. The van der Waals surface area contributed by atoms with E-state index in [0.717, 1.165) is 4.57 Å². The Hall–Kier alpha value is -5.00. The molecular formula is C33H34F2N6O4. The van der Waals surface area contributed by atoms with Crippen molar-refractivity contribution in [2.45, 2.75) is 45.7 Å². The number of amides is 1. The molecule has 2 aliphatic rings. The maximum absolute atomic E-state index is 17.3. The average Bonchev–Trinajstić information content (AvgIpc) is 3.10. The fraction of sp³-hybridized carbons (Fsp3) is 0.333. The molecule has 12 heteroatoms. The number of halogens is 2. The molecule has 10 nitrogen and oxygen atoms in total. The standard InChI is InChI=1S/C33H34F2N6O4/c1-7-22(44)39-15-19-14-38(6)30-25-31(27(35)24(26(30)34)23-20(42)9-8-10-21(23)43)41(29-17(4)11-12-36-28(29)16(2)3)33(45)37-32(25)40(19)13-18(39)5/h7-12,16,18-19,42-43H,1,13-15H2,2-6H3. The molecule has 1 saturated heterocycles. The molecular weight excluding hydrogens is 582 g/mol. The van der Waals surface area contributed by atoms with Crippen LogP contribution < -0.4 is 15.5 Å². The van der Waals surface area contributed by atoms with Gasteiger partial charge in [0.05, 0.1) is 39.6 Å². The zero-order chi connectivity index (χ0) is 32.5. The van der Waals surface area contributed by atoms with Crippen LogP contribution in [-0.2, 0) is 4.79 Å². The molecule has 0 bridgehead atoms. The number of fused-ring (bicyclic) bond motifs is 2. The van der Waals surface area contributed by atoms with Crippen LogP contribution in [0.15, 0.2) is 47.9 Å². The number of carbonyl (C=O) groups excluding carboxylic acids is 1. The number of carbonyl (C=O) groups is 1. The summed E-state index contributed by atoms with van der Waals surface area (Å²) in [6.45, 7) is 11.7. The number of phenolic OH excluding ortho intramolecular Hbond substituents is 2. The Labute approximate surface area is 258 Å². The molecule has 1 amide bonds. The van der Waals surface area contributed by atoms with Crippen LogP contribution in [0.3, 0.4) is 0 Å². The van der Waals surface area contributed by atoms with Gasteiger partial charge < -0.3 is 24.9 Å². The quantitative estimate of drug-likeness (QED) is 0.320. The number of hydrogen-bond donors (Lipinski definition) is 2. The molecule has 2 atom stereocenters. The molecule has 2 aliphatic heterocycles. The van der Waals surface area contributed by atoms with Gasteiger partial charge in [0.15, 0.2) is 11.6 Å². The molecule has 0 aliphatic carbocycles. The van der Waals surface area contributed by atoms with Crippen LogP contribution in [0.1, 0.15) is 37.9 Å². The highest BCUT2D eigenvalue weighted by Crippen LogP contribution is 2.49. The van der Waals surface area contributed by atoms with Crippen molar-refractivity contribution < 1.29 is 23.8 Å². The van der Waals surface area contributed by atoms with Gasteiger partial charge >= 0.3 is 5.69 Å². The van der Waals surface area contributed by atoms with E-state index in [1.54, 1.807) is 36.0 Å². The van der Waals surface area contributed by atoms with Gasteiger partial charge in [-0.25, -0.2) is 13.6 Å². The number of benzene rings is 2. The van der Waals surface area contributed by atoms with Gasteiger partial charge in [0, 0.05) is 38.9 Å². The fourth-order valence-electron chi connectivity index (χ4n) is 6.73. The second-order valence-electron chi connectivity index (χ2n) is 12.0. The number of anilines is 2. The largest absolute Gasteiger partial charge is 0.507 e. The Morgan fingerprint density at radius 1 is 1.07 bits per heavy atom. The van der Waals surface area contributed by atoms with Crippen molar-refractivity contribution in [3.05, 3.63) is 76.5 Å². The summed E-state index contributed by atoms with van der Waals surface area (Å²) < 4.78 is 35.4. The monoisotopic (exact) mass is 616 g/mol. The highest BCUT2D eigenvalue weighted by atomic mass is 19.1. The lowest BCUT2D eigenvalue weighted by atomic mass is 9.97. The second kappa shape index (κ2) is 10.9. The zero-order valence-electron chi connectivity index (χ0n) is 25.7. The molecule has 2 unspecified atom stereocenters. The minimum absolute atomic E-state index is 0.0573. The van der Waals surface area contributed by atoms with Crippen molar-refractivity contribution in [1.82, 2.24) is 19.4 Å². The Morgan fingerprint density at radius 2 is 1.76 bits per heavy atom. The Balaban J connectivity index is 1.80. The summed E-state index contributed by atoms with van der Waals surface area (Å²) in [4.78, 5) is 41.0. The summed E-state index contributed by atoms with van der Waals surface area (Å²) in [5.74, 6) is -3.61. The van der Waals surface area contributed by atoms with Crippen LogP contribution in [0.5, 0.6) is 11.5 Å². The molecule has 0 saturated carbocycles. The minimum Gasteiger partial charge on any atom is -0.507 e. The van der Waals surface area contributed by atoms with E-state index in [9.17, 15) is 19.8 Å². The topological polar surface area (TPSA) is 115 Å². The molecule has 4 heterocycles. The summed E-state index contributed by atoms with van der Waals surface area (Å²) >= 11 is 0. The number of aromatic nitrogens is 3. The first-order valence-electron chi connectivity index (χ1n) is 14.7. The Bertz CT molecular complexity index is 1940. The summed E-state index contributed by atoms with van der Waals surface area (Å²) in [7, 11) is 1.64. The van der Waals surface area contributed by atoms with E-state index in [4.69, 9.17) is 0 Å². The highest BCUT2D eigenvalue weighted by Gasteiger charge is 2.41. The molecule has 2 aromatic carbocycles. The minimum atomic E-state index is -1.15. The first kappa shape index (κ1) is 30.0. The number of aryl methyl sites for hydroxylation is 1. The van der Waals surface area contributed by atoms with Gasteiger partial charge in [-0.1, -0.05) is 26.5 Å². The molecule has 0 radical (unpaired) electrons. The number of piperazine rings is 1. The van der Waals surface area contributed by atoms with E-state index < -0.39 is 46.0 Å². The van der Waals surface area contributed by atoms with Crippen molar-refractivity contribution >= 4 is 28.3 Å².